The summed E-state index contributed by atoms with van der Waals surface area (Å²) in [5, 5.41) is 3.14. The van der Waals surface area contributed by atoms with Crippen LogP contribution in [0, 0.1) is 0 Å². The van der Waals surface area contributed by atoms with Crippen molar-refractivity contribution in [2.24, 2.45) is 0 Å². The Morgan fingerprint density at radius 3 is 2.68 bits per heavy atom. The number of ether oxygens (including phenoxy) is 1. The number of aromatic nitrogens is 5. The number of nitrogens with one attached hydrogen (secondary N) is 2. The van der Waals surface area contributed by atoms with Gasteiger partial charge >= 0.3 is 0 Å². The van der Waals surface area contributed by atoms with Crippen LogP contribution in [-0.4, -0.2) is 32.0 Å². The first-order valence-corrected chi connectivity index (χ1v) is 9.78. The number of para-hydroxylation sites is 4. The molecule has 0 fully saturated rings. The van der Waals surface area contributed by atoms with E-state index in [0.29, 0.717) is 23.3 Å². The molecular formula is C19H19N7OS. The Balaban J connectivity index is 1.43. The Kier molecular flexibility index (Phi) is 5.24. The van der Waals surface area contributed by atoms with Crippen molar-refractivity contribution in [3.63, 3.8) is 0 Å². The standard InChI is InChI=1S/C19H19N7OS/c1-27-15-9-5-4-8-14(15)23-19-25-17(24-18(20)26-19)11-28-10-16-21-12-6-2-3-7-13(12)22-16/h2-9H,10-11H2,1H3,(H,21,22)(H3,20,23,24,25,26). The van der Waals surface area contributed by atoms with Gasteiger partial charge in [0.1, 0.15) is 17.4 Å². The summed E-state index contributed by atoms with van der Waals surface area (Å²) in [5.41, 5.74) is 8.61. The summed E-state index contributed by atoms with van der Waals surface area (Å²) in [6.45, 7) is 0. The van der Waals surface area contributed by atoms with Gasteiger partial charge in [-0.05, 0) is 24.3 Å². The summed E-state index contributed by atoms with van der Waals surface area (Å²) in [6, 6.07) is 15.5. The lowest BCUT2D eigenvalue weighted by Gasteiger charge is -2.10. The highest BCUT2D eigenvalue weighted by Gasteiger charge is 2.09. The topological polar surface area (TPSA) is 115 Å². The number of benzene rings is 2. The molecule has 0 unspecified atom stereocenters. The van der Waals surface area contributed by atoms with Crippen LogP contribution < -0.4 is 15.8 Å². The van der Waals surface area contributed by atoms with Crippen LogP contribution in [0.5, 0.6) is 5.75 Å². The van der Waals surface area contributed by atoms with Gasteiger partial charge in [0.2, 0.25) is 11.9 Å². The number of aromatic amines is 1. The number of thioether (sulfide) groups is 1. The lowest BCUT2D eigenvalue weighted by atomic mass is 10.3. The Labute approximate surface area is 166 Å². The van der Waals surface area contributed by atoms with Gasteiger partial charge in [-0.3, -0.25) is 0 Å². The smallest absolute Gasteiger partial charge is 0.232 e. The minimum Gasteiger partial charge on any atom is -0.495 e. The van der Waals surface area contributed by atoms with Crippen LogP contribution in [0.1, 0.15) is 11.6 Å². The average Bonchev–Trinajstić information content (AvgIpc) is 3.11. The van der Waals surface area contributed by atoms with E-state index in [-0.39, 0.29) is 5.95 Å². The molecule has 28 heavy (non-hydrogen) atoms. The number of hydrogen-bond acceptors (Lipinski definition) is 8. The fourth-order valence-electron chi connectivity index (χ4n) is 2.74. The van der Waals surface area contributed by atoms with Gasteiger partial charge in [0, 0.05) is 0 Å². The molecule has 0 aliphatic rings. The molecule has 2 aromatic heterocycles. The molecule has 8 nitrogen and oxygen atoms in total. The van der Waals surface area contributed by atoms with Crippen molar-refractivity contribution in [2.45, 2.75) is 11.5 Å². The van der Waals surface area contributed by atoms with E-state index in [1.54, 1.807) is 18.9 Å². The number of nitrogens with zero attached hydrogens (tertiary/aromatic N) is 4. The van der Waals surface area contributed by atoms with E-state index in [2.05, 4.69) is 30.2 Å². The van der Waals surface area contributed by atoms with E-state index in [9.17, 15) is 0 Å². The van der Waals surface area contributed by atoms with Crippen molar-refractivity contribution in [3.05, 3.63) is 60.2 Å². The second-order valence-corrected chi connectivity index (χ2v) is 6.94. The highest BCUT2D eigenvalue weighted by molar-refractivity contribution is 7.97. The largest absolute Gasteiger partial charge is 0.495 e. The minimum absolute atomic E-state index is 0.173. The third kappa shape index (κ3) is 4.15. The average molecular weight is 393 g/mol. The SMILES string of the molecule is COc1ccccc1Nc1nc(N)nc(CSCc2nc3ccccc3[nH]2)n1. The Hall–Kier alpha value is -3.33. The van der Waals surface area contributed by atoms with Crippen LogP contribution >= 0.6 is 11.8 Å². The van der Waals surface area contributed by atoms with Gasteiger partial charge in [-0.15, -0.1) is 11.8 Å². The van der Waals surface area contributed by atoms with Crippen LogP contribution in [0.2, 0.25) is 0 Å². The summed E-state index contributed by atoms with van der Waals surface area (Å²) in [7, 11) is 1.61. The number of fused-ring (bicyclic) bond motifs is 1. The van der Waals surface area contributed by atoms with E-state index in [1.807, 2.05) is 48.5 Å². The van der Waals surface area contributed by atoms with Gasteiger partial charge in [-0.1, -0.05) is 24.3 Å². The summed E-state index contributed by atoms with van der Waals surface area (Å²) >= 11 is 1.65. The number of anilines is 3. The molecule has 0 atom stereocenters. The first-order chi connectivity index (χ1) is 13.7. The van der Waals surface area contributed by atoms with Gasteiger partial charge in [0.05, 0.1) is 35.3 Å². The fraction of sp³-hybridized carbons (Fsp3) is 0.158. The molecule has 0 radical (unpaired) electrons. The van der Waals surface area contributed by atoms with Crippen LogP contribution in [0.3, 0.4) is 0 Å². The lowest BCUT2D eigenvalue weighted by molar-refractivity contribution is 0.417. The van der Waals surface area contributed by atoms with Crippen LogP contribution in [0.4, 0.5) is 17.6 Å². The number of nitrogens with two attached hydrogens (primary N) is 1. The van der Waals surface area contributed by atoms with Crippen LogP contribution in [-0.2, 0) is 11.5 Å². The first-order valence-electron chi connectivity index (χ1n) is 8.63. The lowest BCUT2D eigenvalue weighted by Crippen LogP contribution is -2.07. The summed E-state index contributed by atoms with van der Waals surface area (Å²) in [6.07, 6.45) is 0. The number of nitrogen functional groups attached to an aromatic ring is 1. The first kappa shape index (κ1) is 18.1. The zero-order valence-electron chi connectivity index (χ0n) is 15.2. The second kappa shape index (κ2) is 8.13. The molecule has 0 amide bonds. The van der Waals surface area contributed by atoms with Crippen molar-refractivity contribution >= 4 is 40.4 Å². The molecule has 2 aromatic carbocycles. The monoisotopic (exact) mass is 393 g/mol. The predicted molar refractivity (Wildman–Crippen MR) is 112 cm³/mol. The van der Waals surface area contributed by atoms with Gasteiger partial charge in [0.15, 0.2) is 0 Å². The molecule has 2 heterocycles. The van der Waals surface area contributed by atoms with Crippen molar-refractivity contribution in [1.82, 2.24) is 24.9 Å². The van der Waals surface area contributed by atoms with Gasteiger partial charge in [-0.25, -0.2) is 4.98 Å². The number of methoxy groups -OCH3 is 1. The van der Waals surface area contributed by atoms with Crippen LogP contribution in [0.15, 0.2) is 48.5 Å². The molecule has 142 valence electrons. The van der Waals surface area contributed by atoms with Crippen molar-refractivity contribution in [3.8, 4) is 5.75 Å². The quantitative estimate of drug-likeness (QED) is 0.437. The molecule has 0 saturated carbocycles. The fourth-order valence-corrected chi connectivity index (χ4v) is 3.48. The van der Waals surface area contributed by atoms with E-state index >= 15 is 0 Å². The normalized spacial score (nSPS) is 10.9. The predicted octanol–water partition coefficient (Wildman–Crippen LogP) is 3.52. The molecule has 0 aliphatic carbocycles. The maximum absolute atomic E-state index is 5.86. The maximum atomic E-state index is 5.86. The zero-order chi connectivity index (χ0) is 19.3. The molecule has 9 heteroatoms. The number of hydrogen-bond donors (Lipinski definition) is 3. The molecule has 4 rings (SSSR count). The highest BCUT2D eigenvalue weighted by Crippen LogP contribution is 2.26. The zero-order valence-corrected chi connectivity index (χ0v) is 16.0. The summed E-state index contributed by atoms with van der Waals surface area (Å²) < 4.78 is 5.34. The van der Waals surface area contributed by atoms with Gasteiger partial charge in [-0.2, -0.15) is 15.0 Å². The Morgan fingerprint density at radius 1 is 1.00 bits per heavy atom. The molecule has 0 bridgehead atoms. The van der Waals surface area contributed by atoms with Crippen molar-refractivity contribution in [1.29, 1.82) is 0 Å². The van der Waals surface area contributed by atoms with Gasteiger partial charge < -0.3 is 20.8 Å². The molecule has 4 N–H and O–H groups in total. The molecule has 0 saturated heterocycles. The van der Waals surface area contributed by atoms with E-state index < -0.39 is 0 Å². The Bertz CT molecular complexity index is 1070. The van der Waals surface area contributed by atoms with Crippen molar-refractivity contribution < 1.29 is 4.74 Å². The summed E-state index contributed by atoms with van der Waals surface area (Å²) in [4.78, 5) is 20.7. The van der Waals surface area contributed by atoms with Crippen LogP contribution in [0.25, 0.3) is 11.0 Å². The van der Waals surface area contributed by atoms with E-state index in [4.69, 9.17) is 10.5 Å². The summed E-state index contributed by atoms with van der Waals surface area (Å²) in [5.74, 6) is 4.08. The molecule has 0 aliphatic heterocycles. The number of imidazole rings is 1. The van der Waals surface area contributed by atoms with Gasteiger partial charge in [0.25, 0.3) is 0 Å². The van der Waals surface area contributed by atoms with E-state index in [0.717, 1.165) is 28.3 Å². The molecular weight excluding hydrogens is 374 g/mol. The third-order valence-electron chi connectivity index (χ3n) is 3.96. The Morgan fingerprint density at radius 2 is 1.82 bits per heavy atom. The van der Waals surface area contributed by atoms with E-state index in [1.165, 1.54) is 0 Å². The van der Waals surface area contributed by atoms with Crippen molar-refractivity contribution in [2.75, 3.05) is 18.2 Å². The second-order valence-electron chi connectivity index (χ2n) is 5.95. The number of H-pyrrole nitrogens is 1. The number of rotatable bonds is 7. The maximum Gasteiger partial charge on any atom is 0.232 e. The molecule has 4 aromatic rings. The third-order valence-corrected chi connectivity index (χ3v) is 4.90. The minimum atomic E-state index is 0.173. The highest BCUT2D eigenvalue weighted by atomic mass is 32.2. The molecule has 0 spiro atoms.